The van der Waals surface area contributed by atoms with Crippen LogP contribution in [0.15, 0.2) is 12.4 Å². The Kier molecular flexibility index (Phi) is 5.77. The highest BCUT2D eigenvalue weighted by Crippen LogP contribution is 2.02. The van der Waals surface area contributed by atoms with Crippen LogP contribution >= 0.6 is 12.2 Å². The van der Waals surface area contributed by atoms with Crippen LogP contribution in [0.4, 0.5) is 0 Å². The Bertz CT molecular complexity index is 416. The van der Waals surface area contributed by atoms with Crippen LogP contribution in [0.25, 0.3) is 0 Å². The van der Waals surface area contributed by atoms with Crippen LogP contribution in [-0.4, -0.2) is 38.9 Å². The van der Waals surface area contributed by atoms with Crippen molar-refractivity contribution in [2.75, 3.05) is 13.6 Å². The summed E-state index contributed by atoms with van der Waals surface area (Å²) in [4.78, 5) is 18.2. The van der Waals surface area contributed by atoms with Crippen LogP contribution in [0, 0.1) is 0 Å². The van der Waals surface area contributed by atoms with E-state index in [9.17, 15) is 4.79 Å². The van der Waals surface area contributed by atoms with Gasteiger partial charge in [-0.1, -0.05) is 19.1 Å². The third-order valence-electron chi connectivity index (χ3n) is 2.80. The van der Waals surface area contributed by atoms with Crippen molar-refractivity contribution in [3.8, 4) is 0 Å². The second-order valence-electron chi connectivity index (χ2n) is 4.17. The molecule has 0 bridgehead atoms. The Morgan fingerprint density at radius 3 is 2.89 bits per heavy atom. The zero-order chi connectivity index (χ0) is 13.5. The SMILES string of the molecule is CCc1nccn1CCC(=O)N(C)CCC(N)=S. The number of aryl methyl sites for hydroxylation is 2. The van der Waals surface area contributed by atoms with Gasteiger partial charge in [0.05, 0.1) is 4.99 Å². The van der Waals surface area contributed by atoms with Crippen LogP contribution in [0.3, 0.4) is 0 Å². The molecular weight excluding hydrogens is 248 g/mol. The number of nitrogens with zero attached hydrogens (tertiary/aromatic N) is 3. The molecule has 2 N–H and O–H groups in total. The summed E-state index contributed by atoms with van der Waals surface area (Å²) in [7, 11) is 1.77. The van der Waals surface area contributed by atoms with Crippen LogP contribution in [-0.2, 0) is 17.8 Å². The van der Waals surface area contributed by atoms with Gasteiger partial charge in [0.2, 0.25) is 5.91 Å². The number of carbonyl (C=O) groups excluding carboxylic acids is 1. The lowest BCUT2D eigenvalue weighted by Gasteiger charge is -2.17. The van der Waals surface area contributed by atoms with Crippen molar-refractivity contribution >= 4 is 23.1 Å². The molecule has 1 aromatic heterocycles. The van der Waals surface area contributed by atoms with Gasteiger partial charge in [-0.15, -0.1) is 0 Å². The average molecular weight is 268 g/mol. The van der Waals surface area contributed by atoms with E-state index < -0.39 is 0 Å². The van der Waals surface area contributed by atoms with E-state index >= 15 is 0 Å². The molecule has 0 saturated carbocycles. The number of amides is 1. The summed E-state index contributed by atoms with van der Waals surface area (Å²) in [6, 6.07) is 0. The number of aromatic nitrogens is 2. The second-order valence-corrected chi connectivity index (χ2v) is 4.70. The summed E-state index contributed by atoms with van der Waals surface area (Å²) in [5.41, 5.74) is 5.41. The Hall–Kier alpha value is -1.43. The molecule has 100 valence electrons. The van der Waals surface area contributed by atoms with Gasteiger partial charge >= 0.3 is 0 Å². The van der Waals surface area contributed by atoms with Gasteiger partial charge in [-0.05, 0) is 0 Å². The molecule has 1 heterocycles. The summed E-state index contributed by atoms with van der Waals surface area (Å²) in [5.74, 6) is 1.11. The fraction of sp³-hybridized carbons (Fsp3) is 0.583. The lowest BCUT2D eigenvalue weighted by molar-refractivity contribution is -0.130. The maximum absolute atomic E-state index is 11.9. The minimum absolute atomic E-state index is 0.0991. The molecule has 1 amide bonds. The fourth-order valence-electron chi connectivity index (χ4n) is 1.67. The smallest absolute Gasteiger partial charge is 0.224 e. The summed E-state index contributed by atoms with van der Waals surface area (Å²) in [6.07, 6.45) is 5.58. The molecule has 0 fully saturated rings. The van der Waals surface area contributed by atoms with Gasteiger partial charge in [0.15, 0.2) is 0 Å². The first-order chi connectivity index (χ1) is 8.54. The van der Waals surface area contributed by atoms with Gasteiger partial charge in [-0.3, -0.25) is 4.79 Å². The minimum atomic E-state index is 0.0991. The van der Waals surface area contributed by atoms with Crippen molar-refractivity contribution in [1.29, 1.82) is 0 Å². The van der Waals surface area contributed by atoms with Gasteiger partial charge in [0, 0.05) is 51.8 Å². The minimum Gasteiger partial charge on any atom is -0.393 e. The standard InChI is InChI=1S/C12H20N4OS/c1-3-11-14-6-9-16(11)8-5-12(17)15(2)7-4-10(13)18/h6,9H,3-5,7-8H2,1-2H3,(H2,13,18). The fourth-order valence-corrected chi connectivity index (χ4v) is 1.76. The molecule has 0 aromatic carbocycles. The van der Waals surface area contributed by atoms with E-state index in [0.717, 1.165) is 12.2 Å². The highest BCUT2D eigenvalue weighted by atomic mass is 32.1. The van der Waals surface area contributed by atoms with Crippen LogP contribution in [0.2, 0.25) is 0 Å². The number of imidazole rings is 1. The monoisotopic (exact) mass is 268 g/mol. The lowest BCUT2D eigenvalue weighted by Crippen LogP contribution is -2.30. The zero-order valence-electron chi connectivity index (χ0n) is 10.9. The molecule has 0 spiro atoms. The van der Waals surface area contributed by atoms with E-state index in [1.54, 1.807) is 18.1 Å². The van der Waals surface area contributed by atoms with Crippen molar-refractivity contribution in [2.45, 2.75) is 32.7 Å². The quantitative estimate of drug-likeness (QED) is 0.748. The predicted octanol–water partition coefficient (Wildman–Crippen LogP) is 0.970. The van der Waals surface area contributed by atoms with Crippen LogP contribution < -0.4 is 5.73 Å². The largest absolute Gasteiger partial charge is 0.393 e. The Morgan fingerprint density at radius 1 is 1.56 bits per heavy atom. The number of nitrogens with two attached hydrogens (primary N) is 1. The first kappa shape index (κ1) is 14.6. The summed E-state index contributed by atoms with van der Waals surface area (Å²) in [6.45, 7) is 3.30. The van der Waals surface area contributed by atoms with Crippen molar-refractivity contribution in [1.82, 2.24) is 14.5 Å². The zero-order valence-corrected chi connectivity index (χ0v) is 11.7. The Morgan fingerprint density at radius 2 is 2.28 bits per heavy atom. The first-order valence-electron chi connectivity index (χ1n) is 6.06. The van der Waals surface area contributed by atoms with Gasteiger partial charge in [-0.2, -0.15) is 0 Å². The molecular formula is C12H20N4OS. The number of hydrogen-bond donors (Lipinski definition) is 1. The molecule has 0 saturated heterocycles. The number of carbonyl (C=O) groups is 1. The summed E-state index contributed by atoms with van der Waals surface area (Å²) < 4.78 is 2.01. The van der Waals surface area contributed by atoms with E-state index in [1.165, 1.54) is 0 Å². The van der Waals surface area contributed by atoms with E-state index in [-0.39, 0.29) is 5.91 Å². The molecule has 0 aliphatic rings. The molecule has 1 rings (SSSR count). The van der Waals surface area contributed by atoms with Crippen LogP contribution in [0.5, 0.6) is 0 Å². The molecule has 0 radical (unpaired) electrons. The number of rotatable bonds is 7. The molecule has 5 nitrogen and oxygen atoms in total. The van der Waals surface area contributed by atoms with E-state index in [2.05, 4.69) is 11.9 Å². The lowest BCUT2D eigenvalue weighted by atomic mass is 10.3. The van der Waals surface area contributed by atoms with Crippen molar-refractivity contribution in [3.63, 3.8) is 0 Å². The maximum atomic E-state index is 11.9. The topological polar surface area (TPSA) is 64.2 Å². The highest BCUT2D eigenvalue weighted by Gasteiger charge is 2.09. The van der Waals surface area contributed by atoms with E-state index in [4.69, 9.17) is 18.0 Å². The Labute approximate surface area is 113 Å². The van der Waals surface area contributed by atoms with Gasteiger partial charge in [0.25, 0.3) is 0 Å². The third kappa shape index (κ3) is 4.44. The van der Waals surface area contributed by atoms with Crippen molar-refractivity contribution in [2.24, 2.45) is 5.73 Å². The predicted molar refractivity (Wildman–Crippen MR) is 75.3 cm³/mol. The molecule has 0 unspecified atom stereocenters. The van der Waals surface area contributed by atoms with Crippen molar-refractivity contribution in [3.05, 3.63) is 18.2 Å². The number of hydrogen-bond acceptors (Lipinski definition) is 3. The molecule has 1 aromatic rings. The Balaban J connectivity index is 2.38. The molecule has 18 heavy (non-hydrogen) atoms. The second kappa shape index (κ2) is 7.10. The molecule has 0 aliphatic heterocycles. The van der Waals surface area contributed by atoms with Gasteiger partial charge in [0.1, 0.15) is 5.82 Å². The average Bonchev–Trinajstić information content (AvgIpc) is 2.80. The van der Waals surface area contributed by atoms with Crippen molar-refractivity contribution < 1.29 is 4.79 Å². The summed E-state index contributed by atoms with van der Waals surface area (Å²) >= 11 is 4.79. The van der Waals surface area contributed by atoms with E-state index in [1.807, 2.05) is 10.8 Å². The molecule has 6 heteroatoms. The maximum Gasteiger partial charge on any atom is 0.224 e. The summed E-state index contributed by atoms with van der Waals surface area (Å²) in [5, 5.41) is 0. The normalized spacial score (nSPS) is 10.3. The first-order valence-corrected chi connectivity index (χ1v) is 6.47. The van der Waals surface area contributed by atoms with Gasteiger partial charge < -0.3 is 15.2 Å². The van der Waals surface area contributed by atoms with Gasteiger partial charge in [-0.25, -0.2) is 4.98 Å². The highest BCUT2D eigenvalue weighted by molar-refractivity contribution is 7.80. The molecule has 0 aliphatic carbocycles. The third-order valence-corrected chi connectivity index (χ3v) is 3.01. The molecule has 0 atom stereocenters. The number of thiocarbonyl (C=S) groups is 1. The van der Waals surface area contributed by atoms with Crippen LogP contribution in [0.1, 0.15) is 25.6 Å². The van der Waals surface area contributed by atoms with E-state index in [0.29, 0.717) is 30.9 Å².